The van der Waals surface area contributed by atoms with Crippen LogP contribution in [0.1, 0.15) is 21.6 Å². The maximum absolute atomic E-state index is 12.8. The van der Waals surface area contributed by atoms with Gasteiger partial charge in [0.25, 0.3) is 5.91 Å². The summed E-state index contributed by atoms with van der Waals surface area (Å²) in [6.07, 6.45) is -2.96. The van der Waals surface area contributed by atoms with Crippen molar-refractivity contribution in [2.24, 2.45) is 0 Å². The van der Waals surface area contributed by atoms with E-state index in [1.165, 1.54) is 12.3 Å². The highest BCUT2D eigenvalue weighted by molar-refractivity contribution is 7.14. The summed E-state index contributed by atoms with van der Waals surface area (Å²) in [5.41, 5.74) is 1.13. The van der Waals surface area contributed by atoms with E-state index in [1.54, 1.807) is 23.6 Å². The van der Waals surface area contributed by atoms with Gasteiger partial charge in [-0.1, -0.05) is 12.1 Å². The summed E-state index contributed by atoms with van der Waals surface area (Å²) < 4.78 is 38.4. The highest BCUT2D eigenvalue weighted by Gasteiger charge is 2.30. The molecule has 1 N–H and O–H groups in total. The molecule has 0 bridgehead atoms. The van der Waals surface area contributed by atoms with Gasteiger partial charge in [-0.2, -0.15) is 13.2 Å². The van der Waals surface area contributed by atoms with E-state index in [0.29, 0.717) is 22.0 Å². The summed E-state index contributed by atoms with van der Waals surface area (Å²) in [4.78, 5) is 20.4. The number of thiazole rings is 1. The Balaban J connectivity index is 1.79. The molecule has 25 heavy (non-hydrogen) atoms. The number of carbonyl (C=O) groups is 1. The van der Waals surface area contributed by atoms with Crippen molar-refractivity contribution in [2.45, 2.75) is 13.1 Å². The Morgan fingerprint density at radius 2 is 2.00 bits per heavy atom. The highest BCUT2D eigenvalue weighted by Crippen LogP contribution is 2.33. The Morgan fingerprint density at radius 3 is 2.68 bits per heavy atom. The van der Waals surface area contributed by atoms with Gasteiger partial charge in [0.2, 0.25) is 0 Å². The molecule has 0 aliphatic heterocycles. The topological polar surface area (TPSA) is 54.9 Å². The zero-order valence-electron chi connectivity index (χ0n) is 13.0. The summed E-state index contributed by atoms with van der Waals surface area (Å²) in [5, 5.41) is 4.52. The first-order valence-electron chi connectivity index (χ1n) is 7.20. The molecule has 3 rings (SSSR count). The lowest BCUT2D eigenvalue weighted by molar-refractivity contribution is -0.137. The molecule has 0 unspecified atom stereocenters. The molecule has 1 amide bonds. The van der Waals surface area contributed by atoms with Crippen LogP contribution in [0.3, 0.4) is 0 Å². The number of hydrogen-bond donors (Lipinski definition) is 1. The molecule has 2 heterocycles. The van der Waals surface area contributed by atoms with E-state index in [1.807, 2.05) is 6.92 Å². The molecule has 8 heteroatoms. The molecule has 0 spiro atoms. The Kier molecular flexibility index (Phi) is 4.54. The van der Waals surface area contributed by atoms with Crippen molar-refractivity contribution >= 4 is 22.4 Å². The maximum Gasteiger partial charge on any atom is 0.416 e. The minimum atomic E-state index is -4.42. The van der Waals surface area contributed by atoms with Gasteiger partial charge in [0.15, 0.2) is 5.13 Å². The molecule has 0 atom stereocenters. The second kappa shape index (κ2) is 6.64. The Labute approximate surface area is 145 Å². The van der Waals surface area contributed by atoms with Gasteiger partial charge in [-0.3, -0.25) is 15.1 Å². The van der Waals surface area contributed by atoms with E-state index < -0.39 is 11.7 Å². The number of benzene rings is 1. The highest BCUT2D eigenvalue weighted by atomic mass is 32.1. The smallest absolute Gasteiger partial charge is 0.298 e. The lowest BCUT2D eigenvalue weighted by Crippen LogP contribution is -2.12. The standard InChI is InChI=1S/C17H12F3N3OS/c1-10-5-6-12(8-21-10)15(24)23-16-22-14(9-25-16)11-3-2-4-13(7-11)17(18,19)20/h2-9H,1H3,(H,22,23,24). The minimum Gasteiger partial charge on any atom is -0.298 e. The number of nitrogens with one attached hydrogen (secondary N) is 1. The van der Waals surface area contributed by atoms with Crippen molar-refractivity contribution in [1.82, 2.24) is 9.97 Å². The van der Waals surface area contributed by atoms with E-state index >= 15 is 0 Å². The fourth-order valence-corrected chi connectivity index (χ4v) is 2.80. The fourth-order valence-electron chi connectivity index (χ4n) is 2.09. The average molecular weight is 363 g/mol. The number of anilines is 1. The van der Waals surface area contributed by atoms with Gasteiger partial charge in [-0.25, -0.2) is 4.98 Å². The summed E-state index contributed by atoms with van der Waals surface area (Å²) in [6, 6.07) is 8.25. The van der Waals surface area contributed by atoms with Crippen LogP contribution in [0.25, 0.3) is 11.3 Å². The molecule has 4 nitrogen and oxygen atoms in total. The predicted octanol–water partition coefficient (Wildman–Crippen LogP) is 4.78. The molecule has 128 valence electrons. The fraction of sp³-hybridized carbons (Fsp3) is 0.118. The molecule has 0 aliphatic rings. The first-order chi connectivity index (χ1) is 11.8. The summed E-state index contributed by atoms with van der Waals surface area (Å²) >= 11 is 1.14. The summed E-state index contributed by atoms with van der Waals surface area (Å²) in [6.45, 7) is 1.81. The number of hydrogen-bond acceptors (Lipinski definition) is 4. The SMILES string of the molecule is Cc1ccc(C(=O)Nc2nc(-c3cccc(C(F)(F)F)c3)cs2)cn1. The lowest BCUT2D eigenvalue weighted by Gasteiger charge is -2.07. The van der Waals surface area contributed by atoms with Crippen LogP contribution in [-0.2, 0) is 6.18 Å². The second-order valence-electron chi connectivity index (χ2n) is 5.26. The van der Waals surface area contributed by atoms with Crippen LogP contribution < -0.4 is 5.32 Å². The number of nitrogens with zero attached hydrogens (tertiary/aromatic N) is 2. The quantitative estimate of drug-likeness (QED) is 0.728. The van der Waals surface area contributed by atoms with E-state index in [2.05, 4.69) is 15.3 Å². The number of rotatable bonds is 3. The molecule has 0 saturated carbocycles. The zero-order valence-corrected chi connectivity index (χ0v) is 13.8. The normalized spacial score (nSPS) is 11.4. The van der Waals surface area contributed by atoms with Crippen LogP contribution in [0, 0.1) is 6.92 Å². The summed E-state index contributed by atoms with van der Waals surface area (Å²) in [5.74, 6) is -0.377. The van der Waals surface area contributed by atoms with Crippen LogP contribution in [0.15, 0.2) is 48.0 Å². The minimum absolute atomic E-state index is 0.304. The number of pyridine rings is 1. The Morgan fingerprint density at radius 1 is 1.20 bits per heavy atom. The lowest BCUT2D eigenvalue weighted by atomic mass is 10.1. The van der Waals surface area contributed by atoms with Gasteiger partial charge in [0, 0.05) is 22.8 Å². The van der Waals surface area contributed by atoms with Crippen LogP contribution in [0.2, 0.25) is 0 Å². The van der Waals surface area contributed by atoms with Crippen LogP contribution >= 0.6 is 11.3 Å². The number of carbonyl (C=O) groups excluding carboxylic acids is 1. The van der Waals surface area contributed by atoms with Gasteiger partial charge >= 0.3 is 6.18 Å². The van der Waals surface area contributed by atoms with Crippen LogP contribution in [-0.4, -0.2) is 15.9 Å². The molecular weight excluding hydrogens is 351 g/mol. The average Bonchev–Trinajstić information content (AvgIpc) is 3.03. The molecule has 0 radical (unpaired) electrons. The molecule has 0 saturated heterocycles. The van der Waals surface area contributed by atoms with Gasteiger partial charge < -0.3 is 0 Å². The second-order valence-corrected chi connectivity index (χ2v) is 6.12. The first kappa shape index (κ1) is 17.1. The third kappa shape index (κ3) is 4.03. The third-order valence-corrected chi connectivity index (χ3v) is 4.14. The van der Waals surface area contributed by atoms with Crippen LogP contribution in [0.5, 0.6) is 0 Å². The third-order valence-electron chi connectivity index (χ3n) is 3.38. The van der Waals surface area contributed by atoms with Crippen molar-refractivity contribution in [1.29, 1.82) is 0 Å². The van der Waals surface area contributed by atoms with Gasteiger partial charge in [0.1, 0.15) is 0 Å². The predicted molar refractivity (Wildman–Crippen MR) is 89.5 cm³/mol. The van der Waals surface area contributed by atoms with E-state index in [0.717, 1.165) is 29.2 Å². The Hall–Kier alpha value is -2.74. The van der Waals surface area contributed by atoms with Gasteiger partial charge in [-0.05, 0) is 31.2 Å². The van der Waals surface area contributed by atoms with Crippen LogP contribution in [0.4, 0.5) is 18.3 Å². The molecule has 3 aromatic rings. The largest absolute Gasteiger partial charge is 0.416 e. The first-order valence-corrected chi connectivity index (χ1v) is 8.08. The number of amides is 1. The van der Waals surface area contributed by atoms with E-state index in [-0.39, 0.29) is 5.91 Å². The van der Waals surface area contributed by atoms with Crippen molar-refractivity contribution < 1.29 is 18.0 Å². The van der Waals surface area contributed by atoms with E-state index in [9.17, 15) is 18.0 Å². The molecule has 1 aromatic carbocycles. The van der Waals surface area contributed by atoms with Crippen molar-refractivity contribution in [3.8, 4) is 11.3 Å². The number of halogens is 3. The monoisotopic (exact) mass is 363 g/mol. The number of aromatic nitrogens is 2. The number of alkyl halides is 3. The van der Waals surface area contributed by atoms with Crippen molar-refractivity contribution in [3.63, 3.8) is 0 Å². The molecule has 0 aliphatic carbocycles. The van der Waals surface area contributed by atoms with Gasteiger partial charge in [-0.15, -0.1) is 11.3 Å². The van der Waals surface area contributed by atoms with E-state index in [4.69, 9.17) is 0 Å². The van der Waals surface area contributed by atoms with Crippen molar-refractivity contribution in [3.05, 3.63) is 64.8 Å². The maximum atomic E-state index is 12.8. The van der Waals surface area contributed by atoms with Crippen molar-refractivity contribution in [2.75, 3.05) is 5.32 Å². The number of aryl methyl sites for hydroxylation is 1. The zero-order chi connectivity index (χ0) is 18.0. The molecule has 2 aromatic heterocycles. The molecular formula is C17H12F3N3OS. The Bertz CT molecular complexity index is 904. The molecule has 0 fully saturated rings. The summed E-state index contributed by atoms with van der Waals surface area (Å²) in [7, 11) is 0. The van der Waals surface area contributed by atoms with Gasteiger partial charge in [0.05, 0.1) is 16.8 Å².